The third-order valence-electron chi connectivity index (χ3n) is 2.73. The van der Waals surface area contributed by atoms with Crippen molar-refractivity contribution in [3.05, 3.63) is 65.2 Å². The molecule has 2 aromatic carbocycles. The molecule has 20 heavy (non-hydrogen) atoms. The molecular weight excluding hydrogens is 284 g/mol. The summed E-state index contributed by atoms with van der Waals surface area (Å²) in [7, 11) is -3.94. The van der Waals surface area contributed by atoms with E-state index in [-0.39, 0.29) is 6.54 Å². The zero-order valence-corrected chi connectivity index (χ0v) is 11.5. The van der Waals surface area contributed by atoms with Gasteiger partial charge in [-0.25, -0.2) is 21.9 Å². The van der Waals surface area contributed by atoms with Gasteiger partial charge in [0.2, 0.25) is 10.0 Å². The summed E-state index contributed by atoms with van der Waals surface area (Å²) >= 11 is 0. The summed E-state index contributed by atoms with van der Waals surface area (Å²) in [6, 6.07) is 9.45. The van der Waals surface area contributed by atoms with E-state index in [0.29, 0.717) is 6.07 Å². The monoisotopic (exact) mass is 297 g/mol. The zero-order chi connectivity index (χ0) is 14.8. The number of benzene rings is 2. The lowest BCUT2D eigenvalue weighted by atomic mass is 10.2. The highest BCUT2D eigenvalue weighted by molar-refractivity contribution is 7.89. The summed E-state index contributed by atoms with van der Waals surface area (Å²) in [5, 5.41) is 0. The first-order chi connectivity index (χ1) is 9.37. The van der Waals surface area contributed by atoms with Gasteiger partial charge in [0.1, 0.15) is 11.6 Å². The molecule has 0 saturated heterocycles. The molecule has 2 rings (SSSR count). The fourth-order valence-corrected chi connectivity index (χ4v) is 2.71. The van der Waals surface area contributed by atoms with Crippen molar-refractivity contribution in [1.29, 1.82) is 0 Å². The van der Waals surface area contributed by atoms with Gasteiger partial charge in [0.25, 0.3) is 0 Å². The van der Waals surface area contributed by atoms with E-state index in [1.807, 2.05) is 19.1 Å². The van der Waals surface area contributed by atoms with E-state index < -0.39 is 26.6 Å². The van der Waals surface area contributed by atoms with Crippen LogP contribution in [0.15, 0.2) is 47.4 Å². The van der Waals surface area contributed by atoms with Crippen LogP contribution in [0.25, 0.3) is 0 Å². The minimum atomic E-state index is -3.94. The lowest BCUT2D eigenvalue weighted by Gasteiger charge is -2.07. The zero-order valence-electron chi connectivity index (χ0n) is 10.7. The van der Waals surface area contributed by atoms with E-state index in [0.717, 1.165) is 23.3 Å². The van der Waals surface area contributed by atoms with Crippen LogP contribution in [-0.4, -0.2) is 8.42 Å². The Balaban J connectivity index is 2.16. The number of nitrogens with one attached hydrogen (secondary N) is 1. The van der Waals surface area contributed by atoms with Crippen LogP contribution in [0.2, 0.25) is 0 Å². The maximum Gasteiger partial charge on any atom is 0.241 e. The van der Waals surface area contributed by atoms with Gasteiger partial charge in [0.05, 0.1) is 4.90 Å². The standard InChI is InChI=1S/C14H13F2NO2S/c1-10-2-4-11(5-3-10)9-17-20(18,19)14-7-12(15)6-13(16)8-14/h2-8,17H,9H2,1H3. The van der Waals surface area contributed by atoms with Crippen LogP contribution in [0.3, 0.4) is 0 Å². The van der Waals surface area contributed by atoms with Crippen molar-refractivity contribution in [3.63, 3.8) is 0 Å². The lowest BCUT2D eigenvalue weighted by Crippen LogP contribution is -2.23. The Morgan fingerprint density at radius 2 is 1.55 bits per heavy atom. The van der Waals surface area contributed by atoms with Crippen molar-refractivity contribution >= 4 is 10.0 Å². The molecule has 1 N–H and O–H groups in total. The molecule has 0 radical (unpaired) electrons. The van der Waals surface area contributed by atoms with Crippen molar-refractivity contribution in [2.75, 3.05) is 0 Å². The average Bonchev–Trinajstić information content (AvgIpc) is 2.37. The number of rotatable bonds is 4. The van der Waals surface area contributed by atoms with Crippen LogP contribution < -0.4 is 4.72 Å². The molecule has 0 saturated carbocycles. The van der Waals surface area contributed by atoms with Crippen molar-refractivity contribution in [3.8, 4) is 0 Å². The molecule has 3 nitrogen and oxygen atoms in total. The maximum absolute atomic E-state index is 13.0. The van der Waals surface area contributed by atoms with Gasteiger partial charge in [-0.3, -0.25) is 0 Å². The fourth-order valence-electron chi connectivity index (χ4n) is 1.65. The SMILES string of the molecule is Cc1ccc(CNS(=O)(=O)c2cc(F)cc(F)c2)cc1. The molecule has 0 aliphatic rings. The van der Waals surface area contributed by atoms with Crippen molar-refractivity contribution in [2.24, 2.45) is 0 Å². The fraction of sp³-hybridized carbons (Fsp3) is 0.143. The van der Waals surface area contributed by atoms with Gasteiger partial charge >= 0.3 is 0 Å². The molecule has 106 valence electrons. The topological polar surface area (TPSA) is 46.2 Å². The van der Waals surface area contributed by atoms with Crippen LogP contribution in [-0.2, 0) is 16.6 Å². The summed E-state index contributed by atoms with van der Waals surface area (Å²) in [5.74, 6) is -1.86. The van der Waals surface area contributed by atoms with Crippen molar-refractivity contribution in [1.82, 2.24) is 4.72 Å². The average molecular weight is 297 g/mol. The Kier molecular flexibility index (Phi) is 4.15. The molecule has 0 spiro atoms. The van der Waals surface area contributed by atoms with E-state index in [2.05, 4.69) is 4.72 Å². The van der Waals surface area contributed by atoms with E-state index >= 15 is 0 Å². The molecule has 0 aliphatic heterocycles. The molecule has 0 aliphatic carbocycles. The first-order valence-corrected chi connectivity index (χ1v) is 7.36. The van der Waals surface area contributed by atoms with Crippen LogP contribution in [0.5, 0.6) is 0 Å². The van der Waals surface area contributed by atoms with Crippen LogP contribution in [0.4, 0.5) is 8.78 Å². The van der Waals surface area contributed by atoms with Gasteiger partial charge < -0.3 is 0 Å². The van der Waals surface area contributed by atoms with E-state index in [1.54, 1.807) is 12.1 Å². The second kappa shape index (κ2) is 5.68. The van der Waals surface area contributed by atoms with E-state index in [4.69, 9.17) is 0 Å². The molecule has 2 aromatic rings. The second-order valence-corrected chi connectivity index (χ2v) is 6.18. The summed E-state index contributed by atoms with van der Waals surface area (Å²) in [6.45, 7) is 1.98. The number of sulfonamides is 1. The number of hydrogen-bond donors (Lipinski definition) is 1. The molecular formula is C14H13F2NO2S. The first-order valence-electron chi connectivity index (χ1n) is 5.88. The summed E-state index contributed by atoms with van der Waals surface area (Å²) in [4.78, 5) is -0.429. The summed E-state index contributed by atoms with van der Waals surface area (Å²) in [5.41, 5.74) is 1.82. The van der Waals surface area contributed by atoms with Gasteiger partial charge in [-0.05, 0) is 24.6 Å². The minimum absolute atomic E-state index is 0.0563. The quantitative estimate of drug-likeness (QED) is 0.943. The molecule has 0 heterocycles. The molecule has 0 bridgehead atoms. The molecule has 0 amide bonds. The lowest BCUT2D eigenvalue weighted by molar-refractivity contribution is 0.561. The highest BCUT2D eigenvalue weighted by Crippen LogP contribution is 2.14. The smallest absolute Gasteiger partial charge is 0.207 e. The van der Waals surface area contributed by atoms with Gasteiger partial charge in [0, 0.05) is 12.6 Å². The molecule has 0 atom stereocenters. The molecule has 6 heteroatoms. The predicted octanol–water partition coefficient (Wildman–Crippen LogP) is 2.75. The second-order valence-electron chi connectivity index (χ2n) is 4.42. The van der Waals surface area contributed by atoms with Gasteiger partial charge in [0.15, 0.2) is 0 Å². The van der Waals surface area contributed by atoms with Crippen LogP contribution >= 0.6 is 0 Å². The Morgan fingerprint density at radius 1 is 1.00 bits per heavy atom. The minimum Gasteiger partial charge on any atom is -0.207 e. The van der Waals surface area contributed by atoms with Gasteiger partial charge in [-0.1, -0.05) is 29.8 Å². The molecule has 0 aromatic heterocycles. The first kappa shape index (κ1) is 14.6. The Bertz CT molecular complexity index is 692. The Labute approximate surface area is 116 Å². The largest absolute Gasteiger partial charge is 0.241 e. The normalized spacial score (nSPS) is 11.6. The molecule has 0 unspecified atom stereocenters. The molecule has 0 fully saturated rings. The third kappa shape index (κ3) is 3.61. The Morgan fingerprint density at radius 3 is 2.10 bits per heavy atom. The predicted molar refractivity (Wildman–Crippen MR) is 71.6 cm³/mol. The highest BCUT2D eigenvalue weighted by atomic mass is 32.2. The summed E-state index contributed by atoms with van der Waals surface area (Å²) < 4.78 is 52.2. The number of hydrogen-bond acceptors (Lipinski definition) is 2. The van der Waals surface area contributed by atoms with Crippen molar-refractivity contribution < 1.29 is 17.2 Å². The van der Waals surface area contributed by atoms with Gasteiger partial charge in [-0.2, -0.15) is 0 Å². The summed E-state index contributed by atoms with van der Waals surface area (Å²) in [6.07, 6.45) is 0. The Hall–Kier alpha value is -1.79. The van der Waals surface area contributed by atoms with Gasteiger partial charge in [-0.15, -0.1) is 0 Å². The van der Waals surface area contributed by atoms with E-state index in [9.17, 15) is 17.2 Å². The van der Waals surface area contributed by atoms with Crippen LogP contribution in [0.1, 0.15) is 11.1 Å². The third-order valence-corrected chi connectivity index (χ3v) is 4.11. The number of halogens is 2. The van der Waals surface area contributed by atoms with E-state index in [1.165, 1.54) is 0 Å². The highest BCUT2D eigenvalue weighted by Gasteiger charge is 2.16. The number of aryl methyl sites for hydroxylation is 1. The van der Waals surface area contributed by atoms with Crippen LogP contribution in [0, 0.1) is 18.6 Å². The van der Waals surface area contributed by atoms with Crippen molar-refractivity contribution in [2.45, 2.75) is 18.4 Å². The maximum atomic E-state index is 13.0.